The molecular weight excluding hydrogens is 467 g/mol. The number of rotatable bonds is 10. The number of aromatic nitrogens is 1. The van der Waals surface area contributed by atoms with E-state index in [-0.39, 0.29) is 11.1 Å². The van der Waals surface area contributed by atoms with E-state index in [4.69, 9.17) is 4.74 Å². The molecule has 5 nitrogen and oxygen atoms in total. The van der Waals surface area contributed by atoms with Gasteiger partial charge in [0, 0.05) is 35.9 Å². The van der Waals surface area contributed by atoms with Crippen molar-refractivity contribution in [2.24, 2.45) is 5.41 Å². The van der Waals surface area contributed by atoms with Gasteiger partial charge in [-0.1, -0.05) is 0 Å². The number of anilines is 1. The number of halogens is 3. The zero-order valence-corrected chi connectivity index (χ0v) is 20.8. The van der Waals surface area contributed by atoms with Crippen molar-refractivity contribution in [2.45, 2.75) is 51.6 Å². The largest absolute Gasteiger partial charge is 0.497 e. The third-order valence-electron chi connectivity index (χ3n) is 7.54. The molecule has 4 rings (SSSR count). The molecule has 36 heavy (non-hydrogen) atoms. The molecule has 2 heterocycles. The maximum absolute atomic E-state index is 13.5. The monoisotopic (exact) mass is 501 g/mol. The van der Waals surface area contributed by atoms with E-state index in [0.29, 0.717) is 13.0 Å². The van der Waals surface area contributed by atoms with Crippen LogP contribution in [-0.4, -0.2) is 42.9 Å². The first-order chi connectivity index (χ1) is 17.3. The van der Waals surface area contributed by atoms with E-state index in [0.717, 1.165) is 79.5 Å². The molecule has 0 bridgehead atoms. The fraction of sp³-hybridized carbons (Fsp3) is 0.464. The average molecular weight is 502 g/mol. The number of aliphatic hydroxyl groups is 1. The average Bonchev–Trinajstić information content (AvgIpc) is 2.88. The lowest BCUT2D eigenvalue weighted by atomic mass is 9.69. The number of aryl methyl sites for hydroxylation is 2. The van der Waals surface area contributed by atoms with Gasteiger partial charge in [-0.3, -0.25) is 4.98 Å². The summed E-state index contributed by atoms with van der Waals surface area (Å²) in [7, 11) is 1.66. The molecule has 1 aliphatic heterocycles. The number of piperidine rings is 1. The molecule has 8 heteroatoms. The molecule has 2 aromatic carbocycles. The second-order valence-electron chi connectivity index (χ2n) is 9.75. The lowest BCUT2D eigenvalue weighted by molar-refractivity contribution is -0.00987. The second kappa shape index (κ2) is 11.5. The number of fused-ring (bicyclic) bond motifs is 1. The van der Waals surface area contributed by atoms with Gasteiger partial charge in [-0.05, 0) is 93.3 Å². The summed E-state index contributed by atoms with van der Waals surface area (Å²) in [6, 6.07) is 7.79. The minimum absolute atomic E-state index is 0.161. The molecule has 0 saturated carbocycles. The van der Waals surface area contributed by atoms with Crippen LogP contribution in [0.2, 0.25) is 0 Å². The van der Waals surface area contributed by atoms with Gasteiger partial charge >= 0.3 is 0 Å². The van der Waals surface area contributed by atoms with E-state index in [1.807, 2.05) is 24.4 Å². The molecule has 1 aliphatic rings. The van der Waals surface area contributed by atoms with Crippen molar-refractivity contribution >= 4 is 16.6 Å². The SMILES string of the molecule is COc1ccc2ncc(C)c(CCCC3(C(O)CCNc4cc(F)c(F)c(F)c4)CCNCC3)c2c1. The summed E-state index contributed by atoms with van der Waals surface area (Å²) in [5.74, 6) is -3.14. The lowest BCUT2D eigenvalue weighted by Gasteiger charge is -2.42. The van der Waals surface area contributed by atoms with Gasteiger partial charge in [0.1, 0.15) is 5.75 Å². The third-order valence-corrected chi connectivity index (χ3v) is 7.54. The Hall–Kier alpha value is -2.84. The Kier molecular flexibility index (Phi) is 8.36. The topological polar surface area (TPSA) is 66.4 Å². The predicted molar refractivity (Wildman–Crippen MR) is 136 cm³/mol. The van der Waals surface area contributed by atoms with Crippen molar-refractivity contribution in [3.05, 3.63) is 65.1 Å². The Balaban J connectivity index is 1.42. The number of nitrogens with one attached hydrogen (secondary N) is 2. The Morgan fingerprint density at radius 3 is 2.56 bits per heavy atom. The number of hydrogen-bond acceptors (Lipinski definition) is 5. The lowest BCUT2D eigenvalue weighted by Crippen LogP contribution is -2.45. The molecular formula is C28H34F3N3O2. The van der Waals surface area contributed by atoms with Crippen LogP contribution in [0.1, 0.15) is 43.2 Å². The van der Waals surface area contributed by atoms with Crippen LogP contribution in [0.25, 0.3) is 10.9 Å². The predicted octanol–water partition coefficient (Wildman–Crippen LogP) is 5.52. The van der Waals surface area contributed by atoms with Crippen LogP contribution in [0.4, 0.5) is 18.9 Å². The van der Waals surface area contributed by atoms with Crippen LogP contribution in [0.5, 0.6) is 5.75 Å². The molecule has 0 aliphatic carbocycles. The van der Waals surface area contributed by atoms with Crippen LogP contribution in [-0.2, 0) is 6.42 Å². The maximum atomic E-state index is 13.5. The van der Waals surface area contributed by atoms with E-state index in [2.05, 4.69) is 22.5 Å². The molecule has 1 fully saturated rings. The Morgan fingerprint density at radius 2 is 1.86 bits per heavy atom. The van der Waals surface area contributed by atoms with E-state index in [1.54, 1.807) is 7.11 Å². The standard InChI is InChI=1S/C28H34F3N3O2/c1-18-17-34-25-6-5-20(36-2)16-22(25)21(18)4-3-8-28(9-12-32-13-10-28)26(35)7-11-33-19-14-23(29)27(31)24(30)15-19/h5-6,14-17,26,32-33,35H,3-4,7-13H2,1-2H3. The molecule has 1 unspecified atom stereocenters. The molecule has 1 aromatic heterocycles. The summed E-state index contributed by atoms with van der Waals surface area (Å²) < 4.78 is 45.6. The zero-order chi connectivity index (χ0) is 25.7. The molecule has 3 aromatic rings. The first kappa shape index (κ1) is 26.2. The van der Waals surface area contributed by atoms with Crippen LogP contribution in [0.15, 0.2) is 36.5 Å². The van der Waals surface area contributed by atoms with Gasteiger partial charge in [0.15, 0.2) is 17.5 Å². The molecule has 3 N–H and O–H groups in total. The van der Waals surface area contributed by atoms with E-state index in [9.17, 15) is 18.3 Å². The molecule has 194 valence electrons. The van der Waals surface area contributed by atoms with Gasteiger partial charge in [0.25, 0.3) is 0 Å². The summed E-state index contributed by atoms with van der Waals surface area (Å²) in [5.41, 5.74) is 3.25. The first-order valence-electron chi connectivity index (χ1n) is 12.5. The van der Waals surface area contributed by atoms with Crippen molar-refractivity contribution in [1.29, 1.82) is 0 Å². The van der Waals surface area contributed by atoms with Crippen molar-refractivity contribution in [3.8, 4) is 5.75 Å². The molecule has 0 radical (unpaired) electrons. The number of nitrogens with zero attached hydrogens (tertiary/aromatic N) is 1. The summed E-state index contributed by atoms with van der Waals surface area (Å²) in [6.45, 7) is 4.08. The van der Waals surface area contributed by atoms with Crippen molar-refractivity contribution in [1.82, 2.24) is 10.3 Å². The Bertz CT molecular complexity index is 1180. The first-order valence-corrected chi connectivity index (χ1v) is 12.5. The van der Waals surface area contributed by atoms with Crippen molar-refractivity contribution in [2.75, 3.05) is 32.1 Å². The maximum Gasteiger partial charge on any atom is 0.194 e. The summed E-state index contributed by atoms with van der Waals surface area (Å²) in [5, 5.41) is 18.6. The van der Waals surface area contributed by atoms with Crippen LogP contribution < -0.4 is 15.4 Å². The highest BCUT2D eigenvalue weighted by atomic mass is 19.2. The Morgan fingerprint density at radius 1 is 1.14 bits per heavy atom. The molecule has 0 amide bonds. The summed E-state index contributed by atoms with van der Waals surface area (Å²) in [6.07, 6.45) is 6.12. The fourth-order valence-electron chi connectivity index (χ4n) is 5.39. The Labute approximate surface area is 210 Å². The van der Waals surface area contributed by atoms with E-state index < -0.39 is 23.6 Å². The molecule has 1 saturated heterocycles. The van der Waals surface area contributed by atoms with Gasteiger partial charge < -0.3 is 20.5 Å². The number of benzene rings is 2. The number of methoxy groups -OCH3 is 1. The second-order valence-corrected chi connectivity index (χ2v) is 9.75. The van der Waals surface area contributed by atoms with Crippen molar-refractivity contribution < 1.29 is 23.0 Å². The highest BCUT2D eigenvalue weighted by Crippen LogP contribution is 2.40. The quantitative estimate of drug-likeness (QED) is 0.319. The van der Waals surface area contributed by atoms with Crippen LogP contribution in [0.3, 0.4) is 0 Å². The van der Waals surface area contributed by atoms with Crippen LogP contribution >= 0.6 is 0 Å². The molecule has 1 atom stereocenters. The number of hydrogen-bond donors (Lipinski definition) is 3. The van der Waals surface area contributed by atoms with Crippen molar-refractivity contribution in [3.63, 3.8) is 0 Å². The highest BCUT2D eigenvalue weighted by molar-refractivity contribution is 5.84. The number of pyridine rings is 1. The minimum atomic E-state index is -1.48. The summed E-state index contributed by atoms with van der Waals surface area (Å²) >= 11 is 0. The minimum Gasteiger partial charge on any atom is -0.497 e. The number of ether oxygens (including phenoxy) is 1. The van der Waals surface area contributed by atoms with Gasteiger partial charge in [-0.25, -0.2) is 13.2 Å². The van der Waals surface area contributed by atoms with Gasteiger partial charge in [-0.2, -0.15) is 0 Å². The summed E-state index contributed by atoms with van der Waals surface area (Å²) in [4.78, 5) is 4.55. The smallest absolute Gasteiger partial charge is 0.194 e. The normalized spacial score (nSPS) is 16.2. The molecule has 0 spiro atoms. The van der Waals surface area contributed by atoms with E-state index in [1.165, 1.54) is 5.56 Å². The van der Waals surface area contributed by atoms with Crippen LogP contribution in [0, 0.1) is 29.8 Å². The number of aliphatic hydroxyl groups excluding tert-OH is 1. The zero-order valence-electron chi connectivity index (χ0n) is 20.8. The van der Waals surface area contributed by atoms with Gasteiger partial charge in [0.2, 0.25) is 0 Å². The third kappa shape index (κ3) is 5.76. The highest BCUT2D eigenvalue weighted by Gasteiger charge is 2.38. The van der Waals surface area contributed by atoms with E-state index >= 15 is 0 Å². The van der Waals surface area contributed by atoms with Gasteiger partial charge in [0.05, 0.1) is 18.7 Å². The van der Waals surface area contributed by atoms with Gasteiger partial charge in [-0.15, -0.1) is 0 Å². The fourth-order valence-corrected chi connectivity index (χ4v) is 5.39.